The Balaban J connectivity index is 2.60. The van der Waals surface area contributed by atoms with Crippen LogP contribution in [0.1, 0.15) is 12.8 Å². The lowest BCUT2D eigenvalue weighted by molar-refractivity contribution is -0.128. The summed E-state index contributed by atoms with van der Waals surface area (Å²) in [5, 5.41) is 4.12. The maximum Gasteiger partial charge on any atom is 0.268 e. The molecule has 112 valence electrons. The zero-order chi connectivity index (χ0) is 15.1. The highest BCUT2D eigenvalue weighted by atomic mass is 16.2. The van der Waals surface area contributed by atoms with Gasteiger partial charge in [0, 0.05) is 53.3 Å². The van der Waals surface area contributed by atoms with Gasteiger partial charge in [0.25, 0.3) is 5.56 Å². The summed E-state index contributed by atoms with van der Waals surface area (Å²) in [7, 11) is 5.30. The minimum atomic E-state index is -0.163. The maximum absolute atomic E-state index is 11.9. The summed E-state index contributed by atoms with van der Waals surface area (Å²) >= 11 is 0. The van der Waals surface area contributed by atoms with Gasteiger partial charge in [0.15, 0.2) is 0 Å². The first-order valence-corrected chi connectivity index (χ1v) is 6.64. The molecule has 0 aliphatic carbocycles. The maximum atomic E-state index is 11.9. The Bertz CT molecular complexity index is 498. The van der Waals surface area contributed by atoms with Crippen LogP contribution in [0.4, 0.5) is 5.69 Å². The Kier molecular flexibility index (Phi) is 6.17. The highest BCUT2D eigenvalue weighted by Gasteiger charge is 2.06. The number of nitrogens with zero attached hydrogens (tertiary/aromatic N) is 4. The van der Waals surface area contributed by atoms with Crippen LogP contribution in [0.25, 0.3) is 0 Å². The van der Waals surface area contributed by atoms with Gasteiger partial charge in [-0.25, -0.2) is 4.68 Å². The fourth-order valence-electron chi connectivity index (χ4n) is 1.73. The summed E-state index contributed by atoms with van der Waals surface area (Å²) in [5.74, 6) is 0.0531. The molecule has 0 aliphatic rings. The van der Waals surface area contributed by atoms with Gasteiger partial charge in [-0.1, -0.05) is 0 Å². The molecule has 0 aliphatic heterocycles. The number of hydrogen-bond acceptors (Lipinski definition) is 5. The van der Waals surface area contributed by atoms with Gasteiger partial charge in [0.2, 0.25) is 5.91 Å². The van der Waals surface area contributed by atoms with E-state index in [2.05, 4.69) is 5.10 Å². The lowest BCUT2D eigenvalue weighted by atomic mass is 10.3. The van der Waals surface area contributed by atoms with Crippen LogP contribution in [0.5, 0.6) is 0 Å². The van der Waals surface area contributed by atoms with E-state index in [9.17, 15) is 9.59 Å². The molecular formula is C13H23N5O2. The average molecular weight is 281 g/mol. The number of carbonyl (C=O) groups is 1. The number of aromatic nitrogens is 2. The van der Waals surface area contributed by atoms with Crippen molar-refractivity contribution in [3.63, 3.8) is 0 Å². The number of anilines is 1. The van der Waals surface area contributed by atoms with Crippen LogP contribution in [0.2, 0.25) is 0 Å². The molecule has 1 amide bonds. The Hall–Kier alpha value is -1.89. The smallest absolute Gasteiger partial charge is 0.268 e. The van der Waals surface area contributed by atoms with Crippen molar-refractivity contribution in [3.05, 3.63) is 22.6 Å². The molecule has 7 heteroatoms. The van der Waals surface area contributed by atoms with Crippen LogP contribution in [0.3, 0.4) is 0 Å². The van der Waals surface area contributed by atoms with Crippen molar-refractivity contribution in [2.24, 2.45) is 5.73 Å². The van der Waals surface area contributed by atoms with E-state index in [0.717, 1.165) is 5.69 Å². The number of rotatable bonds is 7. The van der Waals surface area contributed by atoms with Gasteiger partial charge in [0.1, 0.15) is 0 Å². The summed E-state index contributed by atoms with van der Waals surface area (Å²) in [4.78, 5) is 26.8. The van der Waals surface area contributed by atoms with E-state index in [-0.39, 0.29) is 11.5 Å². The van der Waals surface area contributed by atoms with Crippen LogP contribution in [-0.4, -0.2) is 54.8 Å². The van der Waals surface area contributed by atoms with Gasteiger partial charge < -0.3 is 15.5 Å². The van der Waals surface area contributed by atoms with Crippen LogP contribution < -0.4 is 16.2 Å². The van der Waals surface area contributed by atoms with Gasteiger partial charge >= 0.3 is 0 Å². The van der Waals surface area contributed by atoms with Crippen LogP contribution in [0, 0.1) is 0 Å². The highest BCUT2D eigenvalue weighted by molar-refractivity contribution is 5.75. The van der Waals surface area contributed by atoms with Gasteiger partial charge in [-0.15, -0.1) is 0 Å². The number of nitrogens with two attached hydrogens (primary N) is 1. The zero-order valence-electron chi connectivity index (χ0n) is 12.4. The van der Waals surface area contributed by atoms with E-state index < -0.39 is 0 Å². The molecule has 0 spiro atoms. The molecule has 0 unspecified atom stereocenters. The lowest BCUT2D eigenvalue weighted by Gasteiger charge is -2.17. The predicted octanol–water partition coefficient (Wildman–Crippen LogP) is -0.493. The van der Waals surface area contributed by atoms with E-state index in [4.69, 9.17) is 5.73 Å². The number of amides is 1. The zero-order valence-corrected chi connectivity index (χ0v) is 12.4. The minimum absolute atomic E-state index is 0.0531. The molecule has 20 heavy (non-hydrogen) atoms. The first kappa shape index (κ1) is 16.2. The molecule has 1 heterocycles. The number of hydrogen-bond donors (Lipinski definition) is 1. The Morgan fingerprint density at radius 3 is 2.65 bits per heavy atom. The van der Waals surface area contributed by atoms with Gasteiger partial charge in [0.05, 0.1) is 11.9 Å². The van der Waals surface area contributed by atoms with E-state index >= 15 is 0 Å². The Labute approximate surface area is 119 Å². The molecule has 0 atom stereocenters. The first-order chi connectivity index (χ1) is 9.45. The van der Waals surface area contributed by atoms with Gasteiger partial charge in [-0.3, -0.25) is 9.59 Å². The van der Waals surface area contributed by atoms with Crippen molar-refractivity contribution < 1.29 is 4.79 Å². The fourth-order valence-corrected chi connectivity index (χ4v) is 1.73. The topological polar surface area (TPSA) is 84.5 Å². The summed E-state index contributed by atoms with van der Waals surface area (Å²) in [6.45, 7) is 1.63. The monoisotopic (exact) mass is 281 g/mol. The van der Waals surface area contributed by atoms with Crippen molar-refractivity contribution in [2.75, 3.05) is 39.1 Å². The normalized spacial score (nSPS) is 10.4. The largest absolute Gasteiger partial charge is 0.372 e. The summed E-state index contributed by atoms with van der Waals surface area (Å²) < 4.78 is 1.38. The SMILES string of the molecule is CN(C)C(=O)CCCn1ncc(N(C)CCN)cc1=O. The second-order valence-corrected chi connectivity index (χ2v) is 4.88. The van der Waals surface area contributed by atoms with E-state index in [0.29, 0.717) is 32.5 Å². The second-order valence-electron chi connectivity index (χ2n) is 4.88. The molecule has 0 saturated heterocycles. The summed E-state index contributed by atoms with van der Waals surface area (Å²) in [6.07, 6.45) is 2.66. The quantitative estimate of drug-likeness (QED) is 0.729. The third kappa shape index (κ3) is 4.65. The third-order valence-electron chi connectivity index (χ3n) is 3.02. The van der Waals surface area contributed by atoms with Crippen LogP contribution >= 0.6 is 0 Å². The van der Waals surface area contributed by atoms with E-state index in [1.165, 1.54) is 10.7 Å². The standard InChI is InChI=1S/C13H23N5O2/c1-16(2)12(19)5-4-7-18-13(20)9-11(10-15-18)17(3)8-6-14/h9-10H,4-8,14H2,1-3H3. The molecular weight excluding hydrogens is 258 g/mol. The molecule has 0 aromatic carbocycles. The molecule has 0 radical (unpaired) electrons. The fraction of sp³-hybridized carbons (Fsp3) is 0.615. The van der Waals surface area contributed by atoms with Crippen LogP contribution in [0.15, 0.2) is 17.1 Å². The average Bonchev–Trinajstić information content (AvgIpc) is 2.40. The van der Waals surface area contributed by atoms with Crippen molar-refractivity contribution in [1.82, 2.24) is 14.7 Å². The van der Waals surface area contributed by atoms with Gasteiger partial charge in [-0.2, -0.15) is 5.10 Å². The Morgan fingerprint density at radius 1 is 1.40 bits per heavy atom. The molecule has 0 fully saturated rings. The summed E-state index contributed by atoms with van der Waals surface area (Å²) in [5.41, 5.74) is 6.06. The van der Waals surface area contributed by atoms with Crippen LogP contribution in [-0.2, 0) is 11.3 Å². The molecule has 1 aromatic rings. The minimum Gasteiger partial charge on any atom is -0.372 e. The Morgan fingerprint density at radius 2 is 2.10 bits per heavy atom. The highest BCUT2D eigenvalue weighted by Crippen LogP contribution is 2.06. The molecule has 0 bridgehead atoms. The number of carbonyl (C=O) groups excluding carboxylic acids is 1. The van der Waals surface area contributed by atoms with Crippen molar-refractivity contribution in [1.29, 1.82) is 0 Å². The van der Waals surface area contributed by atoms with Crippen molar-refractivity contribution in [3.8, 4) is 0 Å². The predicted molar refractivity (Wildman–Crippen MR) is 78.7 cm³/mol. The third-order valence-corrected chi connectivity index (χ3v) is 3.02. The number of likely N-dealkylation sites (N-methyl/N-ethyl adjacent to an activating group) is 1. The first-order valence-electron chi connectivity index (χ1n) is 6.64. The van der Waals surface area contributed by atoms with Crippen molar-refractivity contribution >= 4 is 11.6 Å². The van der Waals surface area contributed by atoms with E-state index in [1.807, 2.05) is 11.9 Å². The molecule has 7 nitrogen and oxygen atoms in total. The van der Waals surface area contributed by atoms with E-state index in [1.54, 1.807) is 25.2 Å². The lowest BCUT2D eigenvalue weighted by Crippen LogP contribution is -2.29. The molecule has 1 rings (SSSR count). The number of aryl methyl sites for hydroxylation is 1. The molecule has 0 saturated carbocycles. The second kappa shape index (κ2) is 7.64. The molecule has 2 N–H and O–H groups in total. The summed E-state index contributed by atoms with van der Waals surface area (Å²) in [6, 6.07) is 1.54. The van der Waals surface area contributed by atoms with Crippen molar-refractivity contribution in [2.45, 2.75) is 19.4 Å². The van der Waals surface area contributed by atoms with Gasteiger partial charge in [-0.05, 0) is 6.42 Å². The molecule has 1 aromatic heterocycles.